The lowest BCUT2D eigenvalue weighted by Gasteiger charge is -2.35. The van der Waals surface area contributed by atoms with E-state index in [4.69, 9.17) is 0 Å². The van der Waals surface area contributed by atoms with Crippen LogP contribution in [0.2, 0.25) is 0 Å². The Morgan fingerprint density at radius 3 is 2.40 bits per heavy atom. The Morgan fingerprint density at radius 1 is 1.15 bits per heavy atom. The van der Waals surface area contributed by atoms with Crippen LogP contribution in [0.5, 0.6) is 0 Å². The Bertz CT molecular complexity index is 427. The van der Waals surface area contributed by atoms with Gasteiger partial charge in [0.15, 0.2) is 0 Å². The normalized spacial score (nSPS) is 21.1. The quantitative estimate of drug-likeness (QED) is 0.848. The highest BCUT2D eigenvalue weighted by Gasteiger charge is 2.36. The van der Waals surface area contributed by atoms with E-state index in [1.807, 2.05) is 0 Å². The molecular weight excluding hydrogens is 244 g/mol. The van der Waals surface area contributed by atoms with Crippen LogP contribution >= 0.6 is 0 Å². The van der Waals surface area contributed by atoms with Gasteiger partial charge in [-0.3, -0.25) is 0 Å². The number of benzene rings is 1. The lowest BCUT2D eigenvalue weighted by molar-refractivity contribution is 0.285. The highest BCUT2D eigenvalue weighted by atomic mass is 15.1. The van der Waals surface area contributed by atoms with Crippen LogP contribution in [0.25, 0.3) is 0 Å². The Labute approximate surface area is 123 Å². The smallest absolute Gasteiger partial charge is 0.0363 e. The average molecular weight is 272 g/mol. The molecule has 2 heteroatoms. The average Bonchev–Trinajstić information content (AvgIpc) is 3.17. The third-order valence-electron chi connectivity index (χ3n) is 5.05. The first-order valence-corrected chi connectivity index (χ1v) is 8.18. The van der Waals surface area contributed by atoms with E-state index in [1.165, 1.54) is 62.9 Å². The molecule has 2 aliphatic carbocycles. The number of hydrogen-bond acceptors (Lipinski definition) is 2. The number of nitrogens with one attached hydrogen (secondary N) is 1. The second-order valence-electron chi connectivity index (χ2n) is 7.05. The number of rotatable bonds is 6. The number of hydrogen-bond donors (Lipinski definition) is 1. The fraction of sp³-hybridized carbons (Fsp3) is 0.667. The summed E-state index contributed by atoms with van der Waals surface area (Å²) in [5, 5.41) is 3.78. The molecule has 0 aromatic heterocycles. The molecule has 20 heavy (non-hydrogen) atoms. The lowest BCUT2D eigenvalue weighted by Crippen LogP contribution is -2.42. The van der Waals surface area contributed by atoms with Gasteiger partial charge in [0.2, 0.25) is 0 Å². The van der Waals surface area contributed by atoms with Crippen LogP contribution < -0.4 is 10.2 Å². The zero-order valence-corrected chi connectivity index (χ0v) is 13.0. The van der Waals surface area contributed by atoms with Crippen LogP contribution in [-0.2, 0) is 0 Å². The minimum absolute atomic E-state index is 0.502. The van der Waals surface area contributed by atoms with E-state index in [0.717, 1.165) is 6.04 Å². The highest BCUT2D eigenvalue weighted by molar-refractivity contribution is 5.47. The summed E-state index contributed by atoms with van der Waals surface area (Å²) >= 11 is 0. The van der Waals surface area contributed by atoms with Gasteiger partial charge in [0.05, 0.1) is 0 Å². The number of nitrogens with zero attached hydrogens (tertiary/aromatic N) is 1. The van der Waals surface area contributed by atoms with Crippen LogP contribution in [0.3, 0.4) is 0 Å². The molecule has 0 radical (unpaired) electrons. The van der Waals surface area contributed by atoms with E-state index in [2.05, 4.69) is 48.5 Å². The third-order valence-corrected chi connectivity index (χ3v) is 5.05. The molecule has 0 unspecified atom stereocenters. The molecule has 0 spiro atoms. The van der Waals surface area contributed by atoms with E-state index in [-0.39, 0.29) is 0 Å². The summed E-state index contributed by atoms with van der Waals surface area (Å²) in [6.45, 7) is 4.56. The van der Waals surface area contributed by atoms with Crippen molar-refractivity contribution in [3.63, 3.8) is 0 Å². The van der Waals surface area contributed by atoms with Crippen molar-refractivity contribution in [2.24, 2.45) is 5.41 Å². The van der Waals surface area contributed by atoms with Crippen molar-refractivity contribution < 1.29 is 0 Å². The summed E-state index contributed by atoms with van der Waals surface area (Å²) in [4.78, 5) is 2.46. The summed E-state index contributed by atoms with van der Waals surface area (Å²) in [5.74, 6) is 0. The first kappa shape index (κ1) is 13.9. The Hall–Kier alpha value is -1.02. The maximum atomic E-state index is 3.78. The third kappa shape index (κ3) is 3.35. The fourth-order valence-electron chi connectivity index (χ4n) is 3.56. The number of anilines is 1. The van der Waals surface area contributed by atoms with E-state index < -0.39 is 0 Å². The Morgan fingerprint density at radius 2 is 1.80 bits per heavy atom. The van der Waals surface area contributed by atoms with Crippen molar-refractivity contribution >= 4 is 5.69 Å². The molecule has 0 heterocycles. The van der Waals surface area contributed by atoms with Gasteiger partial charge in [-0.2, -0.15) is 0 Å². The van der Waals surface area contributed by atoms with Crippen molar-refractivity contribution in [1.29, 1.82) is 0 Å². The largest absolute Gasteiger partial charge is 0.374 e. The fourth-order valence-corrected chi connectivity index (χ4v) is 3.56. The predicted molar refractivity (Wildman–Crippen MR) is 86.4 cm³/mol. The maximum absolute atomic E-state index is 3.78. The van der Waals surface area contributed by atoms with Crippen LogP contribution in [-0.4, -0.2) is 26.2 Å². The first-order chi connectivity index (χ1) is 9.67. The summed E-state index contributed by atoms with van der Waals surface area (Å²) < 4.78 is 0. The number of aryl methyl sites for hydroxylation is 1. The molecule has 0 aliphatic heterocycles. The summed E-state index contributed by atoms with van der Waals surface area (Å²) in [6.07, 6.45) is 8.39. The Balaban J connectivity index is 1.63. The highest BCUT2D eigenvalue weighted by Crippen LogP contribution is 2.39. The van der Waals surface area contributed by atoms with Crippen molar-refractivity contribution in [3.05, 3.63) is 29.8 Å². The van der Waals surface area contributed by atoms with Crippen molar-refractivity contribution in [2.45, 2.75) is 51.5 Å². The van der Waals surface area contributed by atoms with Crippen molar-refractivity contribution in [1.82, 2.24) is 5.32 Å². The zero-order valence-electron chi connectivity index (χ0n) is 13.0. The Kier molecular flexibility index (Phi) is 4.02. The molecule has 0 amide bonds. The molecule has 0 bridgehead atoms. The van der Waals surface area contributed by atoms with Gasteiger partial charge < -0.3 is 10.2 Å². The monoisotopic (exact) mass is 272 g/mol. The maximum Gasteiger partial charge on any atom is 0.0363 e. The molecule has 3 rings (SSSR count). The molecule has 2 nitrogen and oxygen atoms in total. The van der Waals surface area contributed by atoms with E-state index >= 15 is 0 Å². The molecule has 2 saturated carbocycles. The standard InChI is InChI=1S/C18H28N2/c1-15-5-9-17(10-6-15)20(2)14-18(11-3-4-12-18)13-19-16-7-8-16/h5-6,9-10,16,19H,3-4,7-8,11-14H2,1-2H3. The van der Waals surface area contributed by atoms with Gasteiger partial charge in [0.1, 0.15) is 0 Å². The molecule has 1 aromatic carbocycles. The first-order valence-electron chi connectivity index (χ1n) is 8.18. The minimum atomic E-state index is 0.502. The second-order valence-corrected chi connectivity index (χ2v) is 7.05. The zero-order chi connectivity index (χ0) is 14.0. The molecule has 0 atom stereocenters. The molecule has 1 N–H and O–H groups in total. The minimum Gasteiger partial charge on any atom is -0.374 e. The van der Waals surface area contributed by atoms with E-state index in [9.17, 15) is 0 Å². The second kappa shape index (κ2) is 5.77. The molecular formula is C18H28N2. The van der Waals surface area contributed by atoms with Gasteiger partial charge in [-0.1, -0.05) is 30.5 Å². The predicted octanol–water partition coefficient (Wildman–Crippen LogP) is 3.74. The van der Waals surface area contributed by atoms with Crippen molar-refractivity contribution in [2.75, 3.05) is 25.0 Å². The summed E-state index contributed by atoms with van der Waals surface area (Å²) in [5.41, 5.74) is 3.20. The van der Waals surface area contributed by atoms with Crippen LogP contribution in [0.15, 0.2) is 24.3 Å². The van der Waals surface area contributed by atoms with Crippen LogP contribution in [0.4, 0.5) is 5.69 Å². The van der Waals surface area contributed by atoms with E-state index in [1.54, 1.807) is 0 Å². The molecule has 1 aromatic rings. The lowest BCUT2D eigenvalue weighted by atomic mass is 9.85. The molecule has 2 fully saturated rings. The van der Waals surface area contributed by atoms with Crippen LogP contribution in [0.1, 0.15) is 44.1 Å². The van der Waals surface area contributed by atoms with Gasteiger partial charge in [-0.25, -0.2) is 0 Å². The van der Waals surface area contributed by atoms with E-state index in [0.29, 0.717) is 5.41 Å². The molecule has 2 aliphatic rings. The summed E-state index contributed by atoms with van der Waals surface area (Å²) in [7, 11) is 2.25. The van der Waals surface area contributed by atoms with Gasteiger partial charge in [-0.15, -0.1) is 0 Å². The molecule has 0 saturated heterocycles. The van der Waals surface area contributed by atoms with Gasteiger partial charge >= 0.3 is 0 Å². The molecule has 110 valence electrons. The van der Waals surface area contributed by atoms with Gasteiger partial charge in [0, 0.05) is 37.3 Å². The summed E-state index contributed by atoms with van der Waals surface area (Å²) in [6, 6.07) is 9.78. The van der Waals surface area contributed by atoms with Gasteiger partial charge in [0.25, 0.3) is 0 Å². The van der Waals surface area contributed by atoms with Gasteiger partial charge in [-0.05, 0) is 44.7 Å². The van der Waals surface area contributed by atoms with Crippen molar-refractivity contribution in [3.8, 4) is 0 Å². The topological polar surface area (TPSA) is 15.3 Å². The van der Waals surface area contributed by atoms with Crippen LogP contribution in [0, 0.1) is 12.3 Å². The SMILES string of the molecule is Cc1ccc(N(C)CC2(CNC3CC3)CCCC2)cc1.